The van der Waals surface area contributed by atoms with Gasteiger partial charge in [-0.1, -0.05) is 18.2 Å². The van der Waals surface area contributed by atoms with E-state index < -0.39 is 33.4 Å². The van der Waals surface area contributed by atoms with Gasteiger partial charge in [0, 0.05) is 49.9 Å². The number of hydrogen-bond donors (Lipinski definition) is 2. The highest BCUT2D eigenvalue weighted by molar-refractivity contribution is 7.92. The molecule has 0 spiro atoms. The summed E-state index contributed by atoms with van der Waals surface area (Å²) in [6, 6.07) is 11.3. The highest BCUT2D eigenvalue weighted by Crippen LogP contribution is 2.45. The molecule has 1 aromatic heterocycles. The topological polar surface area (TPSA) is 120 Å². The first-order valence-electron chi connectivity index (χ1n) is 12.5. The van der Waals surface area contributed by atoms with Crippen LogP contribution in [0, 0.1) is 11.6 Å². The zero-order chi connectivity index (χ0) is 29.6. The van der Waals surface area contributed by atoms with Crippen LogP contribution in [0.1, 0.15) is 43.0 Å². The number of phenols is 1. The van der Waals surface area contributed by atoms with E-state index in [1.807, 2.05) is 0 Å². The van der Waals surface area contributed by atoms with E-state index >= 15 is 0 Å². The highest BCUT2D eigenvalue weighted by atomic mass is 32.2. The number of aromatic hydroxyl groups is 1. The lowest BCUT2D eigenvalue weighted by Gasteiger charge is -2.23. The molecule has 0 saturated heterocycles. The number of sulfonamides is 1. The van der Waals surface area contributed by atoms with Crippen LogP contribution >= 0.6 is 0 Å². The lowest BCUT2D eigenvalue weighted by Crippen LogP contribution is -2.27. The van der Waals surface area contributed by atoms with E-state index in [1.54, 1.807) is 18.2 Å². The molecule has 0 atom stereocenters. The zero-order valence-electron chi connectivity index (χ0n) is 22.4. The van der Waals surface area contributed by atoms with Gasteiger partial charge in [-0.05, 0) is 53.4 Å². The van der Waals surface area contributed by atoms with Crippen molar-refractivity contribution in [3.63, 3.8) is 0 Å². The van der Waals surface area contributed by atoms with Crippen molar-refractivity contribution in [1.82, 2.24) is 15.2 Å². The summed E-state index contributed by atoms with van der Waals surface area (Å²) in [6.07, 6.45) is 2.89. The Kier molecular flexibility index (Phi) is 7.12. The van der Waals surface area contributed by atoms with E-state index in [2.05, 4.69) is 10.3 Å². The first kappa shape index (κ1) is 28.0. The second kappa shape index (κ2) is 10.4. The number of anilines is 1. The number of phenolic OH excluding ortho intramolecular Hbond substituents is 1. The molecule has 4 aromatic rings. The highest BCUT2D eigenvalue weighted by Gasteiger charge is 2.37. The summed E-state index contributed by atoms with van der Waals surface area (Å²) >= 11 is 0. The minimum absolute atomic E-state index is 0.0418. The molecule has 212 valence electrons. The average Bonchev–Trinajstić information content (AvgIpc) is 3.25. The van der Waals surface area contributed by atoms with E-state index in [-0.39, 0.29) is 46.8 Å². The third kappa shape index (κ3) is 5.18. The molecule has 2 N–H and O–H groups in total. The van der Waals surface area contributed by atoms with E-state index in [9.17, 15) is 31.9 Å². The molecule has 3 aromatic carbocycles. The fraction of sp³-hybridized carbons (Fsp3) is 0.207. The third-order valence-corrected chi connectivity index (χ3v) is 8.31. The van der Waals surface area contributed by atoms with Crippen molar-refractivity contribution in [3.8, 4) is 5.75 Å². The second-order valence-electron chi connectivity index (χ2n) is 9.87. The standard InChI is InChI=1S/C29H26F2N4O5S/c1-32-28(37)21-12-20(31)9-6-18(21)14-35-15-23-24(29(35)38)27(36)25-22(26(23)34(2)41(3,39)40)11-17(13-33-25)10-16-4-7-19(30)8-5-16/h4-9,11-13,36H,10,14-15H2,1-3H3,(H,32,37). The number of rotatable bonds is 7. The van der Waals surface area contributed by atoms with Crippen molar-refractivity contribution in [2.24, 2.45) is 0 Å². The van der Waals surface area contributed by atoms with Crippen LogP contribution in [0.4, 0.5) is 14.5 Å². The fourth-order valence-electron chi connectivity index (χ4n) is 5.05. The molecule has 0 bridgehead atoms. The average molecular weight is 581 g/mol. The number of carbonyl (C=O) groups is 2. The molecule has 9 nitrogen and oxygen atoms in total. The van der Waals surface area contributed by atoms with Crippen molar-refractivity contribution < 1.29 is 31.9 Å². The molecule has 12 heteroatoms. The van der Waals surface area contributed by atoms with Crippen molar-refractivity contribution in [2.75, 3.05) is 24.7 Å². The summed E-state index contributed by atoms with van der Waals surface area (Å²) in [6.45, 7) is -0.183. The van der Waals surface area contributed by atoms with Crippen LogP contribution in [-0.4, -0.2) is 55.6 Å². The molecule has 0 radical (unpaired) electrons. The molecule has 5 rings (SSSR count). The number of carbonyl (C=O) groups excluding carboxylic acids is 2. The molecular weight excluding hydrogens is 554 g/mol. The van der Waals surface area contributed by atoms with Gasteiger partial charge in [0.05, 0.1) is 17.5 Å². The largest absolute Gasteiger partial charge is 0.505 e. The molecule has 2 amide bonds. The van der Waals surface area contributed by atoms with E-state index in [0.29, 0.717) is 22.9 Å². The van der Waals surface area contributed by atoms with Gasteiger partial charge in [-0.3, -0.25) is 18.9 Å². The van der Waals surface area contributed by atoms with E-state index in [1.165, 1.54) is 49.5 Å². The summed E-state index contributed by atoms with van der Waals surface area (Å²) in [5, 5.41) is 14.0. The Bertz CT molecular complexity index is 1830. The Morgan fingerprint density at radius 2 is 1.78 bits per heavy atom. The maximum Gasteiger partial charge on any atom is 0.258 e. The van der Waals surface area contributed by atoms with Gasteiger partial charge in [0.2, 0.25) is 10.0 Å². The molecule has 0 aliphatic carbocycles. The maximum absolute atomic E-state index is 13.9. The van der Waals surface area contributed by atoms with Gasteiger partial charge in [0.1, 0.15) is 17.2 Å². The summed E-state index contributed by atoms with van der Waals surface area (Å²) in [5.41, 5.74) is 2.30. The normalized spacial score (nSPS) is 13.0. The Balaban J connectivity index is 1.64. The fourth-order valence-corrected chi connectivity index (χ4v) is 5.59. The number of halogens is 2. The van der Waals surface area contributed by atoms with Crippen LogP contribution in [0.15, 0.2) is 54.7 Å². The van der Waals surface area contributed by atoms with Crippen LogP contribution in [0.2, 0.25) is 0 Å². The van der Waals surface area contributed by atoms with Gasteiger partial charge in [0.15, 0.2) is 5.75 Å². The SMILES string of the molecule is CNC(=O)c1cc(F)ccc1CN1Cc2c(c(O)c3ncc(Cc4ccc(F)cc4)cc3c2N(C)S(C)(=O)=O)C1=O. The molecule has 0 saturated carbocycles. The Morgan fingerprint density at radius 3 is 2.44 bits per heavy atom. The van der Waals surface area contributed by atoms with Gasteiger partial charge >= 0.3 is 0 Å². The van der Waals surface area contributed by atoms with Crippen molar-refractivity contribution in [2.45, 2.75) is 19.5 Å². The summed E-state index contributed by atoms with van der Waals surface area (Å²) in [5.74, 6) is -2.52. The molecule has 1 aliphatic heterocycles. The van der Waals surface area contributed by atoms with Gasteiger partial charge in [0.25, 0.3) is 11.8 Å². The first-order valence-corrected chi connectivity index (χ1v) is 14.4. The number of nitrogens with one attached hydrogen (secondary N) is 1. The summed E-state index contributed by atoms with van der Waals surface area (Å²) in [7, 11) is -1.06. The first-order chi connectivity index (χ1) is 19.4. The van der Waals surface area contributed by atoms with Crippen LogP contribution in [-0.2, 0) is 29.5 Å². The van der Waals surface area contributed by atoms with Crippen LogP contribution in [0.5, 0.6) is 5.75 Å². The molecule has 0 fully saturated rings. The third-order valence-electron chi connectivity index (χ3n) is 7.14. The zero-order valence-corrected chi connectivity index (χ0v) is 23.2. The maximum atomic E-state index is 13.9. The summed E-state index contributed by atoms with van der Waals surface area (Å²) < 4.78 is 53.8. The lowest BCUT2D eigenvalue weighted by molar-refractivity contribution is 0.0762. The van der Waals surface area contributed by atoms with Crippen molar-refractivity contribution in [1.29, 1.82) is 0 Å². The van der Waals surface area contributed by atoms with Gasteiger partial charge < -0.3 is 15.3 Å². The number of benzene rings is 3. The number of pyridine rings is 1. The Hall–Kier alpha value is -4.58. The smallest absolute Gasteiger partial charge is 0.258 e. The van der Waals surface area contributed by atoms with Gasteiger partial charge in [-0.2, -0.15) is 0 Å². The predicted octanol–water partition coefficient (Wildman–Crippen LogP) is 3.72. The monoisotopic (exact) mass is 580 g/mol. The van der Waals surface area contributed by atoms with Crippen molar-refractivity contribution >= 4 is 38.4 Å². The van der Waals surface area contributed by atoms with Crippen molar-refractivity contribution in [3.05, 3.63) is 99.7 Å². The van der Waals surface area contributed by atoms with Crippen LogP contribution in [0.3, 0.4) is 0 Å². The number of hydrogen-bond acceptors (Lipinski definition) is 6. The second-order valence-corrected chi connectivity index (χ2v) is 11.9. The number of nitrogens with zero attached hydrogens (tertiary/aromatic N) is 3. The lowest BCUT2D eigenvalue weighted by atomic mass is 9.98. The minimum atomic E-state index is -3.82. The molecular formula is C29H26F2N4O5S. The molecule has 41 heavy (non-hydrogen) atoms. The number of fused-ring (bicyclic) bond motifs is 2. The predicted molar refractivity (Wildman–Crippen MR) is 149 cm³/mol. The van der Waals surface area contributed by atoms with E-state index in [4.69, 9.17) is 0 Å². The van der Waals surface area contributed by atoms with Gasteiger partial charge in [-0.15, -0.1) is 0 Å². The number of aromatic nitrogens is 1. The Morgan fingerprint density at radius 1 is 1.10 bits per heavy atom. The molecule has 0 unspecified atom stereocenters. The molecule has 1 aliphatic rings. The Labute approximate surface area is 235 Å². The van der Waals surface area contributed by atoms with Crippen LogP contribution in [0.25, 0.3) is 10.9 Å². The van der Waals surface area contributed by atoms with Gasteiger partial charge in [-0.25, -0.2) is 17.2 Å². The van der Waals surface area contributed by atoms with Crippen LogP contribution < -0.4 is 9.62 Å². The minimum Gasteiger partial charge on any atom is -0.505 e. The van der Waals surface area contributed by atoms with E-state index in [0.717, 1.165) is 22.2 Å². The number of amides is 2. The molecule has 2 heterocycles. The quantitative estimate of drug-likeness (QED) is 0.344. The summed E-state index contributed by atoms with van der Waals surface area (Å²) in [4.78, 5) is 31.7.